The first-order valence-electron chi connectivity index (χ1n) is 9.18. The van der Waals surface area contributed by atoms with E-state index in [1.54, 1.807) is 25.1 Å². The lowest BCUT2D eigenvalue weighted by atomic mass is 10.1. The number of nitro groups is 1. The highest BCUT2D eigenvalue weighted by Crippen LogP contribution is 2.35. The van der Waals surface area contributed by atoms with Crippen molar-refractivity contribution in [1.82, 2.24) is 4.90 Å². The van der Waals surface area contributed by atoms with E-state index in [1.165, 1.54) is 18.2 Å². The summed E-state index contributed by atoms with van der Waals surface area (Å²) in [7, 11) is 0. The first kappa shape index (κ1) is 22.8. The smallest absolute Gasteiger partial charge is 0.326 e. The topological polar surface area (TPSA) is 120 Å². The van der Waals surface area contributed by atoms with Gasteiger partial charge in [-0.15, -0.1) is 0 Å². The molecule has 0 saturated carbocycles. The molecule has 1 aliphatic rings. The molecule has 3 rings (SSSR count). The van der Waals surface area contributed by atoms with Gasteiger partial charge >= 0.3 is 5.97 Å². The van der Waals surface area contributed by atoms with Crippen LogP contribution in [-0.2, 0) is 14.3 Å². The van der Waals surface area contributed by atoms with Crippen LogP contribution in [0.2, 0.25) is 0 Å². The van der Waals surface area contributed by atoms with E-state index >= 15 is 0 Å². The first-order chi connectivity index (χ1) is 14.7. The van der Waals surface area contributed by atoms with Crippen LogP contribution in [0.25, 0.3) is 17.4 Å². The molecular formula is C20H17BrN2O7S. The highest BCUT2D eigenvalue weighted by atomic mass is 79.9. The van der Waals surface area contributed by atoms with E-state index in [9.17, 15) is 24.5 Å². The second kappa shape index (κ2) is 9.48. The number of thioether (sulfide) groups is 1. The summed E-state index contributed by atoms with van der Waals surface area (Å²) in [6, 6.07) is 7.51. The van der Waals surface area contributed by atoms with Gasteiger partial charge < -0.3 is 9.15 Å². The minimum Gasteiger partial charge on any atom is -0.461 e. The summed E-state index contributed by atoms with van der Waals surface area (Å²) in [4.78, 5) is 47.9. The summed E-state index contributed by atoms with van der Waals surface area (Å²) in [5.74, 6) is -0.524. The number of benzene rings is 1. The molecular weight excluding hydrogens is 492 g/mol. The van der Waals surface area contributed by atoms with Gasteiger partial charge in [0.2, 0.25) is 0 Å². The van der Waals surface area contributed by atoms with E-state index in [2.05, 4.69) is 15.9 Å². The van der Waals surface area contributed by atoms with Crippen molar-refractivity contribution in [1.29, 1.82) is 0 Å². The number of carbonyl (C=O) groups is 3. The van der Waals surface area contributed by atoms with Gasteiger partial charge in [-0.05, 0) is 59.2 Å². The van der Waals surface area contributed by atoms with E-state index < -0.39 is 28.6 Å². The molecule has 1 aromatic carbocycles. The third-order valence-electron chi connectivity index (χ3n) is 4.40. The van der Waals surface area contributed by atoms with Gasteiger partial charge in [0.05, 0.1) is 15.9 Å². The molecule has 31 heavy (non-hydrogen) atoms. The number of furan rings is 1. The summed E-state index contributed by atoms with van der Waals surface area (Å²) in [6.07, 6.45) is 1.73. The molecule has 1 atom stereocenters. The molecule has 0 spiro atoms. The number of amides is 2. The summed E-state index contributed by atoms with van der Waals surface area (Å²) < 4.78 is 11.3. The lowest BCUT2D eigenvalue weighted by molar-refractivity contribution is -0.384. The third kappa shape index (κ3) is 5.23. The second-order valence-corrected chi connectivity index (χ2v) is 8.45. The standard InChI is InChI=1S/C20H17BrN2O7S/c1-3-11(2)29-18(24)10-22-19(25)17(31-20(22)26)9-13-5-7-16(30-13)14-6-4-12(23(27)28)8-15(14)21/h4-9,11H,3,10H2,1-2H3/b17-9+/t11-/m0/s1. The minimum absolute atomic E-state index is 0.0667. The van der Waals surface area contributed by atoms with Crippen LogP contribution < -0.4 is 0 Å². The average Bonchev–Trinajstić information content (AvgIpc) is 3.28. The van der Waals surface area contributed by atoms with Crippen molar-refractivity contribution in [3.05, 3.63) is 55.6 Å². The Hall–Kier alpha value is -2.92. The van der Waals surface area contributed by atoms with Crippen molar-refractivity contribution in [3.63, 3.8) is 0 Å². The summed E-state index contributed by atoms with van der Waals surface area (Å²) in [6.45, 7) is 3.13. The number of imide groups is 1. The number of nitrogens with zero attached hydrogens (tertiary/aromatic N) is 2. The van der Waals surface area contributed by atoms with E-state index in [0.717, 1.165) is 4.90 Å². The van der Waals surface area contributed by atoms with Gasteiger partial charge in [-0.3, -0.25) is 29.4 Å². The van der Waals surface area contributed by atoms with Crippen molar-refractivity contribution < 1.29 is 28.5 Å². The van der Waals surface area contributed by atoms with Crippen LogP contribution in [-0.4, -0.2) is 39.6 Å². The van der Waals surface area contributed by atoms with E-state index in [1.807, 2.05) is 6.92 Å². The molecule has 0 aliphatic carbocycles. The van der Waals surface area contributed by atoms with Crippen molar-refractivity contribution in [2.45, 2.75) is 26.4 Å². The molecule has 2 aromatic rings. The third-order valence-corrected chi connectivity index (χ3v) is 5.96. The van der Waals surface area contributed by atoms with Crippen LogP contribution in [0.15, 0.2) is 44.1 Å². The zero-order valence-electron chi connectivity index (χ0n) is 16.5. The predicted molar refractivity (Wildman–Crippen MR) is 117 cm³/mol. The van der Waals surface area contributed by atoms with Gasteiger partial charge in [-0.2, -0.15) is 0 Å². The largest absolute Gasteiger partial charge is 0.461 e. The molecule has 1 saturated heterocycles. The molecule has 2 heterocycles. The molecule has 0 unspecified atom stereocenters. The Morgan fingerprint density at radius 2 is 2.10 bits per heavy atom. The fourth-order valence-electron chi connectivity index (χ4n) is 2.63. The van der Waals surface area contributed by atoms with Crippen molar-refractivity contribution in [3.8, 4) is 11.3 Å². The Morgan fingerprint density at radius 3 is 2.74 bits per heavy atom. The van der Waals surface area contributed by atoms with Gasteiger partial charge in [0.15, 0.2) is 0 Å². The Morgan fingerprint density at radius 1 is 1.35 bits per heavy atom. The Labute approximate surface area is 189 Å². The number of nitro benzene ring substituents is 1. The molecule has 11 heteroatoms. The lowest BCUT2D eigenvalue weighted by Gasteiger charge is -2.14. The summed E-state index contributed by atoms with van der Waals surface area (Å²) in [5.41, 5.74) is 0.522. The zero-order chi connectivity index (χ0) is 22.7. The van der Waals surface area contributed by atoms with Gasteiger partial charge in [0.1, 0.15) is 18.1 Å². The molecule has 1 aromatic heterocycles. The van der Waals surface area contributed by atoms with Crippen LogP contribution in [0.1, 0.15) is 26.0 Å². The maximum Gasteiger partial charge on any atom is 0.326 e. The van der Waals surface area contributed by atoms with E-state index in [-0.39, 0.29) is 16.7 Å². The fourth-order valence-corrected chi connectivity index (χ4v) is 4.01. The van der Waals surface area contributed by atoms with Crippen molar-refractivity contribution in [2.75, 3.05) is 6.54 Å². The van der Waals surface area contributed by atoms with Crippen molar-refractivity contribution >= 4 is 56.6 Å². The van der Waals surface area contributed by atoms with Gasteiger partial charge in [0, 0.05) is 28.2 Å². The predicted octanol–water partition coefficient (Wildman–Crippen LogP) is 5.00. The molecule has 0 N–H and O–H groups in total. The molecule has 0 bridgehead atoms. The summed E-state index contributed by atoms with van der Waals surface area (Å²) in [5, 5.41) is 10.3. The normalized spacial score (nSPS) is 16.1. The number of non-ortho nitro benzene ring substituents is 1. The van der Waals surface area contributed by atoms with Gasteiger partial charge in [-0.25, -0.2) is 0 Å². The zero-order valence-corrected chi connectivity index (χ0v) is 18.9. The minimum atomic E-state index is -0.652. The molecule has 2 amide bonds. The molecule has 9 nitrogen and oxygen atoms in total. The van der Waals surface area contributed by atoms with Crippen LogP contribution in [0.5, 0.6) is 0 Å². The van der Waals surface area contributed by atoms with Crippen molar-refractivity contribution in [2.24, 2.45) is 0 Å². The lowest BCUT2D eigenvalue weighted by Crippen LogP contribution is -2.35. The van der Waals surface area contributed by atoms with Crippen LogP contribution in [0, 0.1) is 10.1 Å². The van der Waals surface area contributed by atoms with E-state index in [0.29, 0.717) is 39.7 Å². The SMILES string of the molecule is CC[C@H](C)OC(=O)CN1C(=O)S/C(=C/c2ccc(-c3ccc([N+](=O)[O-])cc3Br)o2)C1=O. The maximum absolute atomic E-state index is 12.5. The number of hydrogen-bond acceptors (Lipinski definition) is 8. The fraction of sp³-hybridized carbons (Fsp3) is 0.250. The molecule has 1 fully saturated rings. The Kier molecular flexibility index (Phi) is 6.96. The average molecular weight is 509 g/mol. The molecule has 0 radical (unpaired) electrons. The number of halogens is 1. The van der Waals surface area contributed by atoms with Gasteiger partial charge in [0.25, 0.3) is 16.8 Å². The number of esters is 1. The quantitative estimate of drug-likeness (QED) is 0.222. The Balaban J connectivity index is 1.75. The number of rotatable bonds is 7. The van der Waals surface area contributed by atoms with Crippen LogP contribution >= 0.6 is 27.7 Å². The molecule has 1 aliphatic heterocycles. The maximum atomic E-state index is 12.5. The first-order valence-corrected chi connectivity index (χ1v) is 10.8. The van der Waals surface area contributed by atoms with Crippen LogP contribution in [0.3, 0.4) is 0 Å². The monoisotopic (exact) mass is 508 g/mol. The Bertz CT molecular complexity index is 1090. The molecule has 162 valence electrons. The van der Waals surface area contributed by atoms with Crippen LogP contribution in [0.4, 0.5) is 10.5 Å². The highest BCUT2D eigenvalue weighted by molar-refractivity contribution is 9.10. The number of hydrogen-bond donors (Lipinski definition) is 0. The number of carbonyl (C=O) groups excluding carboxylic acids is 3. The summed E-state index contributed by atoms with van der Waals surface area (Å²) >= 11 is 3.99. The number of ether oxygens (including phenoxy) is 1. The second-order valence-electron chi connectivity index (χ2n) is 6.60. The highest BCUT2D eigenvalue weighted by Gasteiger charge is 2.37. The van der Waals surface area contributed by atoms with Gasteiger partial charge in [-0.1, -0.05) is 6.92 Å². The van der Waals surface area contributed by atoms with E-state index in [4.69, 9.17) is 9.15 Å².